The second kappa shape index (κ2) is 5.18. The fourth-order valence-corrected chi connectivity index (χ4v) is 0.920. The number of methoxy groups -OCH3 is 1. The lowest BCUT2D eigenvalue weighted by molar-refractivity contribution is 0.146. The van der Waals surface area contributed by atoms with Crippen molar-refractivity contribution in [2.24, 2.45) is 0 Å². The van der Waals surface area contributed by atoms with E-state index in [0.717, 1.165) is 0 Å². The first kappa shape index (κ1) is 9.56. The van der Waals surface area contributed by atoms with Gasteiger partial charge in [-0.25, -0.2) is 0 Å². The van der Waals surface area contributed by atoms with Crippen LogP contribution in [0.15, 0.2) is 24.3 Å². The van der Waals surface area contributed by atoms with Crippen molar-refractivity contribution in [1.29, 1.82) is 5.26 Å². The van der Waals surface area contributed by atoms with Crippen molar-refractivity contribution >= 4 is 0 Å². The van der Waals surface area contributed by atoms with Gasteiger partial charge < -0.3 is 9.47 Å². The summed E-state index contributed by atoms with van der Waals surface area (Å²) in [4.78, 5) is 0. The van der Waals surface area contributed by atoms with Gasteiger partial charge in [0.25, 0.3) is 0 Å². The first-order valence-corrected chi connectivity index (χ1v) is 3.99. The zero-order valence-corrected chi connectivity index (χ0v) is 7.49. The SMILES string of the molecule is COCCOc1ccccc1C#N. The maximum absolute atomic E-state index is 8.71. The summed E-state index contributed by atoms with van der Waals surface area (Å²) in [6, 6.07) is 9.20. The van der Waals surface area contributed by atoms with E-state index in [0.29, 0.717) is 24.5 Å². The summed E-state index contributed by atoms with van der Waals surface area (Å²) in [5.41, 5.74) is 0.554. The van der Waals surface area contributed by atoms with Gasteiger partial charge in [0.05, 0.1) is 12.2 Å². The van der Waals surface area contributed by atoms with Crippen molar-refractivity contribution in [2.45, 2.75) is 0 Å². The lowest BCUT2D eigenvalue weighted by atomic mass is 10.2. The maximum atomic E-state index is 8.71. The molecule has 0 bridgehead atoms. The van der Waals surface area contributed by atoms with E-state index >= 15 is 0 Å². The van der Waals surface area contributed by atoms with E-state index in [4.69, 9.17) is 14.7 Å². The van der Waals surface area contributed by atoms with Crippen LogP contribution in [0.25, 0.3) is 0 Å². The van der Waals surface area contributed by atoms with Crippen LogP contribution in [0.3, 0.4) is 0 Å². The Hall–Kier alpha value is -1.53. The molecule has 1 aromatic rings. The molecule has 68 valence electrons. The highest BCUT2D eigenvalue weighted by atomic mass is 16.5. The van der Waals surface area contributed by atoms with Gasteiger partial charge in [0.2, 0.25) is 0 Å². The first-order chi connectivity index (χ1) is 6.38. The number of benzene rings is 1. The van der Waals surface area contributed by atoms with Crippen LogP contribution in [-0.4, -0.2) is 20.3 Å². The summed E-state index contributed by atoms with van der Waals surface area (Å²) in [5.74, 6) is 0.613. The third-order valence-electron chi connectivity index (χ3n) is 1.55. The minimum absolute atomic E-state index is 0.467. The van der Waals surface area contributed by atoms with Crippen LogP contribution in [-0.2, 0) is 4.74 Å². The summed E-state index contributed by atoms with van der Waals surface area (Å²) in [6.07, 6.45) is 0. The summed E-state index contributed by atoms with van der Waals surface area (Å²) in [7, 11) is 1.61. The molecule has 0 aliphatic heterocycles. The number of para-hydroxylation sites is 1. The molecule has 1 aromatic carbocycles. The smallest absolute Gasteiger partial charge is 0.137 e. The molecule has 0 saturated carbocycles. The number of nitrogens with zero attached hydrogens (tertiary/aromatic N) is 1. The Balaban J connectivity index is 2.60. The average molecular weight is 177 g/mol. The van der Waals surface area contributed by atoms with Gasteiger partial charge in [-0.15, -0.1) is 0 Å². The Labute approximate surface area is 77.5 Å². The topological polar surface area (TPSA) is 42.2 Å². The molecule has 0 saturated heterocycles. The van der Waals surface area contributed by atoms with Gasteiger partial charge in [-0.05, 0) is 12.1 Å². The molecule has 0 fully saturated rings. The molecule has 3 heteroatoms. The molecular weight excluding hydrogens is 166 g/mol. The van der Waals surface area contributed by atoms with Crippen LogP contribution < -0.4 is 4.74 Å². The summed E-state index contributed by atoms with van der Waals surface area (Å²) < 4.78 is 10.2. The van der Waals surface area contributed by atoms with E-state index in [1.165, 1.54) is 0 Å². The molecular formula is C10H11NO2. The molecule has 0 heterocycles. The van der Waals surface area contributed by atoms with Gasteiger partial charge in [0.1, 0.15) is 18.4 Å². The minimum Gasteiger partial charge on any atom is -0.490 e. The van der Waals surface area contributed by atoms with E-state index in [-0.39, 0.29) is 0 Å². The quantitative estimate of drug-likeness (QED) is 0.656. The molecule has 0 radical (unpaired) electrons. The lowest BCUT2D eigenvalue weighted by Crippen LogP contribution is -2.05. The molecule has 13 heavy (non-hydrogen) atoms. The number of nitriles is 1. The van der Waals surface area contributed by atoms with E-state index in [1.807, 2.05) is 12.1 Å². The van der Waals surface area contributed by atoms with Crippen LogP contribution in [0.1, 0.15) is 5.56 Å². The molecule has 0 aromatic heterocycles. The normalized spacial score (nSPS) is 9.23. The van der Waals surface area contributed by atoms with Gasteiger partial charge >= 0.3 is 0 Å². The van der Waals surface area contributed by atoms with Gasteiger partial charge in [-0.2, -0.15) is 5.26 Å². The number of ether oxygens (including phenoxy) is 2. The zero-order chi connectivity index (χ0) is 9.52. The lowest BCUT2D eigenvalue weighted by Gasteiger charge is -2.05. The maximum Gasteiger partial charge on any atom is 0.137 e. The Morgan fingerprint density at radius 3 is 2.77 bits per heavy atom. The second-order valence-electron chi connectivity index (χ2n) is 2.45. The molecule has 3 nitrogen and oxygen atoms in total. The van der Waals surface area contributed by atoms with Crippen molar-refractivity contribution in [3.05, 3.63) is 29.8 Å². The van der Waals surface area contributed by atoms with Gasteiger partial charge in [0, 0.05) is 7.11 Å². The molecule has 0 N–H and O–H groups in total. The minimum atomic E-state index is 0.467. The van der Waals surface area contributed by atoms with Gasteiger partial charge in [-0.3, -0.25) is 0 Å². The standard InChI is InChI=1S/C10H11NO2/c1-12-6-7-13-10-5-3-2-4-9(10)8-11/h2-5H,6-7H2,1H3. The average Bonchev–Trinajstić information content (AvgIpc) is 2.19. The Morgan fingerprint density at radius 2 is 2.08 bits per heavy atom. The zero-order valence-electron chi connectivity index (χ0n) is 7.49. The summed E-state index contributed by atoms with van der Waals surface area (Å²) in [5, 5.41) is 8.71. The molecule has 0 unspecified atom stereocenters. The van der Waals surface area contributed by atoms with E-state index < -0.39 is 0 Å². The van der Waals surface area contributed by atoms with E-state index in [2.05, 4.69) is 6.07 Å². The molecule has 0 spiro atoms. The van der Waals surface area contributed by atoms with Crippen LogP contribution in [0.5, 0.6) is 5.75 Å². The van der Waals surface area contributed by atoms with Gasteiger partial charge in [-0.1, -0.05) is 12.1 Å². The molecule has 0 aliphatic rings. The Kier molecular flexibility index (Phi) is 3.80. The van der Waals surface area contributed by atoms with E-state index in [1.54, 1.807) is 19.2 Å². The second-order valence-corrected chi connectivity index (χ2v) is 2.45. The van der Waals surface area contributed by atoms with Crippen molar-refractivity contribution < 1.29 is 9.47 Å². The fraction of sp³-hybridized carbons (Fsp3) is 0.300. The van der Waals surface area contributed by atoms with Crippen molar-refractivity contribution in [3.63, 3.8) is 0 Å². The largest absolute Gasteiger partial charge is 0.490 e. The number of hydrogen-bond acceptors (Lipinski definition) is 3. The highest BCUT2D eigenvalue weighted by Gasteiger charge is 1.99. The number of rotatable bonds is 4. The highest BCUT2D eigenvalue weighted by molar-refractivity contribution is 5.42. The van der Waals surface area contributed by atoms with Crippen molar-refractivity contribution in [2.75, 3.05) is 20.3 Å². The van der Waals surface area contributed by atoms with Crippen LogP contribution in [0.2, 0.25) is 0 Å². The predicted octanol–water partition coefficient (Wildman–Crippen LogP) is 1.58. The van der Waals surface area contributed by atoms with Crippen molar-refractivity contribution in [1.82, 2.24) is 0 Å². The van der Waals surface area contributed by atoms with Crippen LogP contribution in [0, 0.1) is 11.3 Å². The molecule has 0 atom stereocenters. The van der Waals surface area contributed by atoms with E-state index in [9.17, 15) is 0 Å². The molecule has 1 rings (SSSR count). The third-order valence-corrected chi connectivity index (χ3v) is 1.55. The van der Waals surface area contributed by atoms with Gasteiger partial charge in [0.15, 0.2) is 0 Å². The first-order valence-electron chi connectivity index (χ1n) is 3.99. The fourth-order valence-electron chi connectivity index (χ4n) is 0.920. The molecule has 0 aliphatic carbocycles. The monoisotopic (exact) mass is 177 g/mol. The third kappa shape index (κ3) is 2.77. The summed E-state index contributed by atoms with van der Waals surface area (Å²) in [6.45, 7) is 0.995. The van der Waals surface area contributed by atoms with Crippen LogP contribution in [0.4, 0.5) is 0 Å². The molecule has 0 amide bonds. The predicted molar refractivity (Wildman–Crippen MR) is 48.5 cm³/mol. The highest BCUT2D eigenvalue weighted by Crippen LogP contribution is 2.15. The van der Waals surface area contributed by atoms with Crippen LogP contribution >= 0.6 is 0 Å². The number of hydrogen-bond donors (Lipinski definition) is 0. The Morgan fingerprint density at radius 1 is 1.31 bits per heavy atom. The van der Waals surface area contributed by atoms with Crippen molar-refractivity contribution in [3.8, 4) is 11.8 Å². The summed E-state index contributed by atoms with van der Waals surface area (Å²) >= 11 is 0. The Bertz CT molecular complexity index is 304.